The molecule has 0 saturated carbocycles. The van der Waals surface area contributed by atoms with Crippen molar-refractivity contribution in [3.63, 3.8) is 0 Å². The van der Waals surface area contributed by atoms with Gasteiger partial charge in [0.25, 0.3) is 0 Å². The second kappa shape index (κ2) is 5.75. The molecule has 2 rings (SSSR count). The third-order valence-electron chi connectivity index (χ3n) is 2.74. The lowest BCUT2D eigenvalue weighted by Gasteiger charge is -2.16. The number of aliphatic carboxylic acids is 1. The van der Waals surface area contributed by atoms with E-state index in [2.05, 4.69) is 15.9 Å². The van der Waals surface area contributed by atoms with Gasteiger partial charge in [-0.3, -0.25) is 4.79 Å². The number of hydrogen-bond donors (Lipinski definition) is 2. The molecule has 5 nitrogen and oxygen atoms in total. The summed E-state index contributed by atoms with van der Waals surface area (Å²) in [5.41, 5.74) is 5.80. The molecule has 1 heterocycles. The topological polar surface area (TPSA) is 81.8 Å². The van der Waals surface area contributed by atoms with E-state index in [-0.39, 0.29) is 16.5 Å². The lowest BCUT2D eigenvalue weighted by atomic mass is 10.0. The van der Waals surface area contributed by atoms with Gasteiger partial charge >= 0.3 is 5.97 Å². The lowest BCUT2D eigenvalue weighted by Crippen LogP contribution is -2.17. The second-order valence-electron chi connectivity index (χ2n) is 4.18. The van der Waals surface area contributed by atoms with Crippen LogP contribution in [-0.4, -0.2) is 24.3 Å². The molecule has 104 valence electrons. The number of carboxylic acids is 1. The second-order valence-corrected chi connectivity index (χ2v) is 4.97. The Bertz CT molecular complexity index is 509. The summed E-state index contributed by atoms with van der Waals surface area (Å²) in [6.45, 7) is 0.893. The van der Waals surface area contributed by atoms with E-state index in [1.165, 1.54) is 6.07 Å². The molecule has 0 aliphatic carbocycles. The first kappa shape index (κ1) is 14.1. The number of hydrogen-bond acceptors (Lipinski definition) is 4. The highest BCUT2D eigenvalue weighted by Crippen LogP contribution is 2.42. The van der Waals surface area contributed by atoms with Crippen molar-refractivity contribution in [2.45, 2.75) is 18.9 Å². The first-order valence-electron chi connectivity index (χ1n) is 5.75. The fraction of sp³-hybridized carbons (Fsp3) is 0.417. The number of nitrogens with two attached hydrogens (primary N) is 1. The molecule has 0 saturated heterocycles. The van der Waals surface area contributed by atoms with Gasteiger partial charge < -0.3 is 20.3 Å². The minimum Gasteiger partial charge on any atom is -0.490 e. The van der Waals surface area contributed by atoms with Crippen LogP contribution in [0.15, 0.2) is 10.5 Å². The van der Waals surface area contributed by atoms with Crippen molar-refractivity contribution in [3.8, 4) is 11.5 Å². The zero-order chi connectivity index (χ0) is 14.0. The van der Waals surface area contributed by atoms with E-state index in [4.69, 9.17) is 20.3 Å². The molecule has 0 radical (unpaired) electrons. The highest BCUT2D eigenvalue weighted by molar-refractivity contribution is 9.10. The van der Waals surface area contributed by atoms with Crippen molar-refractivity contribution in [2.24, 2.45) is 5.73 Å². The SMILES string of the molecule is NC(CC(=O)O)c1cc2c(c(Br)c1F)OCCCO2. The van der Waals surface area contributed by atoms with E-state index in [0.717, 1.165) is 0 Å². The zero-order valence-electron chi connectivity index (χ0n) is 9.99. The van der Waals surface area contributed by atoms with Gasteiger partial charge in [0.2, 0.25) is 0 Å². The van der Waals surface area contributed by atoms with Crippen LogP contribution in [0.25, 0.3) is 0 Å². The fourth-order valence-electron chi connectivity index (χ4n) is 1.83. The molecule has 0 fully saturated rings. The van der Waals surface area contributed by atoms with E-state index in [1.54, 1.807) is 0 Å². The van der Waals surface area contributed by atoms with Gasteiger partial charge in [0, 0.05) is 18.0 Å². The number of halogens is 2. The summed E-state index contributed by atoms with van der Waals surface area (Å²) in [6, 6.07) is 0.472. The van der Waals surface area contributed by atoms with Crippen LogP contribution in [0.1, 0.15) is 24.4 Å². The van der Waals surface area contributed by atoms with Crippen LogP contribution in [0.5, 0.6) is 11.5 Å². The van der Waals surface area contributed by atoms with Gasteiger partial charge in [-0.25, -0.2) is 4.39 Å². The molecular formula is C12H13BrFNO4. The number of fused-ring (bicyclic) bond motifs is 1. The Morgan fingerprint density at radius 1 is 1.53 bits per heavy atom. The quantitative estimate of drug-likeness (QED) is 0.886. The van der Waals surface area contributed by atoms with Crippen LogP contribution < -0.4 is 15.2 Å². The van der Waals surface area contributed by atoms with Crippen molar-refractivity contribution >= 4 is 21.9 Å². The molecule has 0 spiro atoms. The first-order chi connectivity index (χ1) is 9.00. The molecular weight excluding hydrogens is 321 g/mol. The van der Waals surface area contributed by atoms with E-state index in [0.29, 0.717) is 31.1 Å². The average Bonchev–Trinajstić information content (AvgIpc) is 2.58. The standard InChI is InChI=1S/C12H13BrFNO4/c13-10-11(14)6(7(15)5-9(16)17)4-8-12(10)19-3-1-2-18-8/h4,7H,1-3,5,15H2,(H,16,17). The van der Waals surface area contributed by atoms with E-state index in [9.17, 15) is 9.18 Å². The molecule has 0 aromatic heterocycles. The van der Waals surface area contributed by atoms with Gasteiger partial charge in [0.15, 0.2) is 11.5 Å². The number of benzene rings is 1. The fourth-order valence-corrected chi connectivity index (χ4v) is 2.37. The maximum absolute atomic E-state index is 14.2. The molecule has 1 atom stereocenters. The minimum absolute atomic E-state index is 0.0959. The third kappa shape index (κ3) is 2.98. The predicted octanol–water partition coefficient (Wildman–Crippen LogP) is 2.22. The van der Waals surface area contributed by atoms with Crippen LogP contribution in [0, 0.1) is 5.82 Å². The normalized spacial score (nSPS) is 15.7. The van der Waals surface area contributed by atoms with Crippen LogP contribution in [0.3, 0.4) is 0 Å². The number of rotatable bonds is 3. The molecule has 0 amide bonds. The van der Waals surface area contributed by atoms with Crippen LogP contribution in [-0.2, 0) is 4.79 Å². The van der Waals surface area contributed by atoms with Gasteiger partial charge in [-0.15, -0.1) is 0 Å². The van der Waals surface area contributed by atoms with Crippen LogP contribution in [0.4, 0.5) is 4.39 Å². The molecule has 1 aromatic rings. The molecule has 7 heteroatoms. The Labute approximate surface area is 117 Å². The maximum Gasteiger partial charge on any atom is 0.305 e. The van der Waals surface area contributed by atoms with Gasteiger partial charge in [-0.2, -0.15) is 0 Å². The molecule has 1 aliphatic rings. The van der Waals surface area contributed by atoms with Crippen molar-refractivity contribution in [1.82, 2.24) is 0 Å². The van der Waals surface area contributed by atoms with Crippen molar-refractivity contribution in [2.75, 3.05) is 13.2 Å². The summed E-state index contributed by atoms with van der Waals surface area (Å²) >= 11 is 3.10. The summed E-state index contributed by atoms with van der Waals surface area (Å²) in [6.07, 6.45) is 0.336. The largest absolute Gasteiger partial charge is 0.490 e. The maximum atomic E-state index is 14.2. The molecule has 1 aliphatic heterocycles. The number of carboxylic acid groups (broad SMARTS) is 1. The summed E-state index contributed by atoms with van der Waals surface area (Å²) < 4.78 is 25.1. The Kier molecular flexibility index (Phi) is 4.26. The predicted molar refractivity (Wildman–Crippen MR) is 68.9 cm³/mol. The molecule has 1 unspecified atom stereocenters. The van der Waals surface area contributed by atoms with Gasteiger partial charge in [-0.1, -0.05) is 0 Å². The Balaban J connectivity index is 2.43. The van der Waals surface area contributed by atoms with E-state index >= 15 is 0 Å². The molecule has 3 N–H and O–H groups in total. The first-order valence-corrected chi connectivity index (χ1v) is 6.55. The Morgan fingerprint density at radius 2 is 2.21 bits per heavy atom. The number of carbonyl (C=O) groups is 1. The van der Waals surface area contributed by atoms with Crippen molar-refractivity contribution in [1.29, 1.82) is 0 Å². The van der Waals surface area contributed by atoms with Crippen molar-refractivity contribution in [3.05, 3.63) is 21.9 Å². The monoisotopic (exact) mass is 333 g/mol. The Hall–Kier alpha value is -1.34. The van der Waals surface area contributed by atoms with Gasteiger partial charge in [-0.05, 0) is 22.0 Å². The van der Waals surface area contributed by atoms with Gasteiger partial charge in [0.05, 0.1) is 24.1 Å². The number of ether oxygens (including phenoxy) is 2. The van der Waals surface area contributed by atoms with E-state index in [1.807, 2.05) is 0 Å². The van der Waals surface area contributed by atoms with E-state index < -0.39 is 17.8 Å². The summed E-state index contributed by atoms with van der Waals surface area (Å²) in [5, 5.41) is 8.72. The summed E-state index contributed by atoms with van der Waals surface area (Å²) in [7, 11) is 0. The van der Waals surface area contributed by atoms with Crippen LogP contribution >= 0.6 is 15.9 Å². The van der Waals surface area contributed by atoms with Crippen LogP contribution in [0.2, 0.25) is 0 Å². The molecule has 0 bridgehead atoms. The zero-order valence-corrected chi connectivity index (χ0v) is 11.6. The summed E-state index contributed by atoms with van der Waals surface area (Å²) in [4.78, 5) is 10.7. The molecule has 1 aromatic carbocycles. The van der Waals surface area contributed by atoms with Gasteiger partial charge in [0.1, 0.15) is 5.82 Å². The Morgan fingerprint density at radius 3 is 2.89 bits per heavy atom. The lowest BCUT2D eigenvalue weighted by molar-refractivity contribution is -0.137. The smallest absolute Gasteiger partial charge is 0.305 e. The minimum atomic E-state index is -1.09. The average molecular weight is 334 g/mol. The summed E-state index contributed by atoms with van der Waals surface area (Å²) in [5.74, 6) is -1.03. The van der Waals surface area contributed by atoms with Crippen molar-refractivity contribution < 1.29 is 23.8 Å². The third-order valence-corrected chi connectivity index (χ3v) is 3.45. The highest BCUT2D eigenvalue weighted by atomic mass is 79.9. The highest BCUT2D eigenvalue weighted by Gasteiger charge is 2.24. The molecule has 19 heavy (non-hydrogen) atoms.